The van der Waals surface area contributed by atoms with E-state index in [4.69, 9.17) is 16.3 Å². The van der Waals surface area contributed by atoms with Crippen LogP contribution >= 0.6 is 11.6 Å². The molecule has 120 valence electrons. The Balaban J connectivity index is 2.07. The number of aliphatic hydroxyl groups is 1. The number of allylic oxidation sites excluding steroid dienone is 3. The summed E-state index contributed by atoms with van der Waals surface area (Å²) in [6, 6.07) is 4.45. The molecule has 0 spiro atoms. The van der Waals surface area contributed by atoms with Crippen LogP contribution in [0.15, 0.2) is 40.0 Å². The first-order valence-electron chi connectivity index (χ1n) is 6.69. The monoisotopic (exact) mass is 355 g/mol. The maximum atomic E-state index is 13.5. The van der Waals surface area contributed by atoms with E-state index in [2.05, 4.69) is 0 Å². The van der Waals surface area contributed by atoms with Gasteiger partial charge in [0.15, 0.2) is 9.84 Å². The number of nitriles is 1. The maximum Gasteiger partial charge on any atom is 0.181 e. The molecule has 0 saturated heterocycles. The highest BCUT2D eigenvalue weighted by molar-refractivity contribution is 7.91. The highest BCUT2D eigenvalue weighted by Crippen LogP contribution is 2.40. The van der Waals surface area contributed by atoms with Crippen LogP contribution < -0.4 is 4.74 Å². The lowest BCUT2D eigenvalue weighted by molar-refractivity contribution is 0.203. The van der Waals surface area contributed by atoms with Crippen LogP contribution in [-0.4, -0.2) is 25.4 Å². The molecule has 2 atom stereocenters. The lowest BCUT2D eigenvalue weighted by atomic mass is 10.0. The molecule has 1 aliphatic heterocycles. The molecule has 8 heteroatoms. The van der Waals surface area contributed by atoms with Crippen molar-refractivity contribution in [3.8, 4) is 11.8 Å². The number of benzene rings is 1. The lowest BCUT2D eigenvalue weighted by Gasteiger charge is -2.16. The number of rotatable bonds is 2. The van der Waals surface area contributed by atoms with Gasteiger partial charge >= 0.3 is 0 Å². The Morgan fingerprint density at radius 2 is 2.17 bits per heavy atom. The highest BCUT2D eigenvalue weighted by atomic mass is 35.5. The Kier molecular flexibility index (Phi) is 3.92. The molecule has 5 nitrogen and oxygen atoms in total. The second kappa shape index (κ2) is 5.64. The van der Waals surface area contributed by atoms with E-state index in [1.54, 1.807) is 0 Å². The summed E-state index contributed by atoms with van der Waals surface area (Å²) in [6.45, 7) is 0. The van der Waals surface area contributed by atoms with E-state index in [9.17, 15) is 23.2 Å². The fraction of sp³-hybridized carbons (Fsp3) is 0.267. The first-order chi connectivity index (χ1) is 10.8. The summed E-state index contributed by atoms with van der Waals surface area (Å²) in [5.41, 5.74) is -0.0595. The van der Waals surface area contributed by atoms with Crippen LogP contribution in [0.1, 0.15) is 23.7 Å². The molecule has 0 bridgehead atoms. The molecule has 0 amide bonds. The van der Waals surface area contributed by atoms with Gasteiger partial charge in [0, 0.05) is 17.0 Å². The molecule has 0 fully saturated rings. The molecule has 0 aromatic heterocycles. The van der Waals surface area contributed by atoms with Gasteiger partial charge in [-0.25, -0.2) is 12.8 Å². The molecule has 1 unspecified atom stereocenters. The van der Waals surface area contributed by atoms with Crippen molar-refractivity contribution in [2.24, 2.45) is 0 Å². The minimum atomic E-state index is -3.62. The van der Waals surface area contributed by atoms with Crippen LogP contribution in [0.25, 0.3) is 0 Å². The van der Waals surface area contributed by atoms with Gasteiger partial charge in [0.1, 0.15) is 29.3 Å². The summed E-state index contributed by atoms with van der Waals surface area (Å²) in [7, 11) is -3.62. The first kappa shape index (κ1) is 16.0. The van der Waals surface area contributed by atoms with Crippen molar-refractivity contribution in [1.82, 2.24) is 0 Å². The van der Waals surface area contributed by atoms with Crippen LogP contribution in [-0.2, 0) is 9.84 Å². The molecular weight excluding hydrogens is 345 g/mol. The number of halogens is 2. The molecular formula is C15H11ClFNO4S. The standard InChI is InChI=1S/C15H11ClFNO4S/c16-8-3-9(17)5-10(4-8)22-13-1-2-14-15(11(13)6-18)12(19)7-23(14,20)21/h1-2,4-5,9,12,19H,3,7H2/t9?,12-/m0/s1. The Morgan fingerprint density at radius 3 is 2.83 bits per heavy atom. The number of ether oxygens (including phenoxy) is 1. The first-order valence-corrected chi connectivity index (χ1v) is 8.72. The Bertz CT molecular complexity index is 885. The second-order valence-corrected chi connectivity index (χ2v) is 7.73. The van der Waals surface area contributed by atoms with E-state index in [-0.39, 0.29) is 39.0 Å². The SMILES string of the molecule is N#Cc1c(OC2=CC(F)CC(Cl)=C2)ccc2c1[C@@H](O)CS2(=O)=O. The van der Waals surface area contributed by atoms with Crippen molar-refractivity contribution in [3.05, 3.63) is 46.2 Å². The topological polar surface area (TPSA) is 87.4 Å². The zero-order valence-corrected chi connectivity index (χ0v) is 13.2. The van der Waals surface area contributed by atoms with Gasteiger partial charge in [0.05, 0.1) is 16.8 Å². The van der Waals surface area contributed by atoms with Crippen molar-refractivity contribution in [3.63, 3.8) is 0 Å². The van der Waals surface area contributed by atoms with Gasteiger partial charge in [-0.05, 0) is 24.3 Å². The zero-order valence-electron chi connectivity index (χ0n) is 11.7. The van der Waals surface area contributed by atoms with E-state index >= 15 is 0 Å². The molecule has 0 radical (unpaired) electrons. The Labute approximate surface area is 137 Å². The van der Waals surface area contributed by atoms with Gasteiger partial charge < -0.3 is 9.84 Å². The third-order valence-corrected chi connectivity index (χ3v) is 5.63. The minimum absolute atomic E-state index is 0.0216. The summed E-state index contributed by atoms with van der Waals surface area (Å²) in [5, 5.41) is 19.6. The highest BCUT2D eigenvalue weighted by Gasteiger charge is 2.37. The second-order valence-electron chi connectivity index (χ2n) is 5.24. The third kappa shape index (κ3) is 2.85. The van der Waals surface area contributed by atoms with Gasteiger partial charge in [-0.2, -0.15) is 5.26 Å². The van der Waals surface area contributed by atoms with E-state index in [1.807, 2.05) is 6.07 Å². The Morgan fingerprint density at radius 1 is 1.43 bits per heavy atom. The average Bonchev–Trinajstić information content (AvgIpc) is 2.67. The minimum Gasteiger partial charge on any atom is -0.456 e. The van der Waals surface area contributed by atoms with Crippen molar-refractivity contribution >= 4 is 21.4 Å². The van der Waals surface area contributed by atoms with Crippen LogP contribution in [0.3, 0.4) is 0 Å². The van der Waals surface area contributed by atoms with Crippen molar-refractivity contribution in [2.75, 3.05) is 5.75 Å². The van der Waals surface area contributed by atoms with Crippen LogP contribution in [0, 0.1) is 11.3 Å². The van der Waals surface area contributed by atoms with Crippen LogP contribution in [0.4, 0.5) is 4.39 Å². The molecule has 2 aliphatic rings. The third-order valence-electron chi connectivity index (χ3n) is 3.59. The van der Waals surface area contributed by atoms with E-state index in [0.717, 1.165) is 0 Å². The number of sulfone groups is 1. The van der Waals surface area contributed by atoms with E-state index < -0.39 is 27.9 Å². The van der Waals surface area contributed by atoms with Gasteiger partial charge in [-0.3, -0.25) is 0 Å². The summed E-state index contributed by atoms with van der Waals surface area (Å²) in [5.74, 6) is -0.300. The number of fused-ring (bicyclic) bond motifs is 1. The maximum absolute atomic E-state index is 13.5. The van der Waals surface area contributed by atoms with Crippen molar-refractivity contribution in [2.45, 2.75) is 23.6 Å². The Hall–Kier alpha value is -1.88. The van der Waals surface area contributed by atoms with Gasteiger partial charge in [0.2, 0.25) is 0 Å². The quantitative estimate of drug-likeness (QED) is 0.880. The smallest absolute Gasteiger partial charge is 0.181 e. The van der Waals surface area contributed by atoms with Gasteiger partial charge in [-0.15, -0.1) is 0 Å². The van der Waals surface area contributed by atoms with Gasteiger partial charge in [0.25, 0.3) is 0 Å². The largest absolute Gasteiger partial charge is 0.456 e. The predicted molar refractivity (Wildman–Crippen MR) is 80.3 cm³/mol. The number of hydrogen-bond donors (Lipinski definition) is 1. The molecule has 1 aliphatic carbocycles. The molecule has 23 heavy (non-hydrogen) atoms. The predicted octanol–water partition coefficient (Wildman–Crippen LogP) is 2.51. The molecule has 3 rings (SSSR count). The van der Waals surface area contributed by atoms with Crippen LogP contribution in [0.2, 0.25) is 0 Å². The number of hydrogen-bond acceptors (Lipinski definition) is 5. The molecule has 0 saturated carbocycles. The fourth-order valence-electron chi connectivity index (χ4n) is 2.64. The van der Waals surface area contributed by atoms with Crippen molar-refractivity contribution in [1.29, 1.82) is 5.26 Å². The average molecular weight is 356 g/mol. The number of aliphatic hydroxyl groups excluding tert-OH is 1. The normalized spacial score (nSPS) is 25.1. The van der Waals surface area contributed by atoms with Crippen LogP contribution in [0.5, 0.6) is 5.75 Å². The molecule has 1 N–H and O–H groups in total. The summed E-state index contributed by atoms with van der Waals surface area (Å²) in [6.07, 6.45) is 0.114. The van der Waals surface area contributed by atoms with E-state index in [1.165, 1.54) is 24.3 Å². The number of nitrogens with zero attached hydrogens (tertiary/aromatic N) is 1. The summed E-state index contributed by atoms with van der Waals surface area (Å²) >= 11 is 5.82. The molecule has 1 aromatic carbocycles. The van der Waals surface area contributed by atoms with Crippen molar-refractivity contribution < 1.29 is 22.7 Å². The summed E-state index contributed by atoms with van der Waals surface area (Å²) in [4.78, 5) is -0.0801. The zero-order chi connectivity index (χ0) is 16.8. The molecule has 1 heterocycles. The molecule has 1 aromatic rings. The van der Waals surface area contributed by atoms with E-state index in [0.29, 0.717) is 0 Å². The van der Waals surface area contributed by atoms with Gasteiger partial charge in [-0.1, -0.05) is 11.6 Å². The fourth-order valence-corrected chi connectivity index (χ4v) is 4.50. The number of alkyl halides is 1. The summed E-state index contributed by atoms with van der Waals surface area (Å²) < 4.78 is 42.8. The lowest BCUT2D eigenvalue weighted by Crippen LogP contribution is -2.08.